The number of ether oxygens (including phenoxy) is 2. The first-order chi connectivity index (χ1) is 10.7. The van der Waals surface area contributed by atoms with Gasteiger partial charge in [-0.25, -0.2) is 4.98 Å². The minimum atomic E-state index is 0.394. The van der Waals surface area contributed by atoms with E-state index in [1.54, 1.807) is 37.6 Å². The molecule has 22 heavy (non-hydrogen) atoms. The van der Waals surface area contributed by atoms with E-state index in [2.05, 4.69) is 17.1 Å². The van der Waals surface area contributed by atoms with Crippen molar-refractivity contribution >= 4 is 5.84 Å². The fourth-order valence-electron chi connectivity index (χ4n) is 2.18. The number of nitrogens with zero attached hydrogens (tertiary/aromatic N) is 3. The quantitative estimate of drug-likeness (QED) is 0.309. The molecule has 1 aliphatic rings. The third kappa shape index (κ3) is 2.95. The summed E-state index contributed by atoms with van der Waals surface area (Å²) in [5, 5.41) is 12.6. The first-order valence-electron chi connectivity index (χ1n) is 6.98. The van der Waals surface area contributed by atoms with Crippen LogP contribution in [0.15, 0.2) is 47.8 Å². The van der Waals surface area contributed by atoms with E-state index >= 15 is 0 Å². The summed E-state index contributed by atoms with van der Waals surface area (Å²) in [6.07, 6.45) is 1.63. The maximum absolute atomic E-state index is 9.22. The monoisotopic (exact) mass is 299 g/mol. The SMILES string of the molecule is COc1ccc(Oc2cc(/C(=N/O)N3CC3C)ccn2)cc1. The van der Waals surface area contributed by atoms with Crippen LogP contribution in [0, 0.1) is 0 Å². The summed E-state index contributed by atoms with van der Waals surface area (Å²) >= 11 is 0. The summed E-state index contributed by atoms with van der Waals surface area (Å²) in [4.78, 5) is 6.18. The van der Waals surface area contributed by atoms with Gasteiger partial charge in [0, 0.05) is 30.4 Å². The highest BCUT2D eigenvalue weighted by atomic mass is 16.5. The summed E-state index contributed by atoms with van der Waals surface area (Å²) in [7, 11) is 1.62. The lowest BCUT2D eigenvalue weighted by molar-refractivity contribution is 0.313. The maximum Gasteiger partial charge on any atom is 0.219 e. The van der Waals surface area contributed by atoms with E-state index in [0.29, 0.717) is 23.5 Å². The molecule has 6 heteroatoms. The molecule has 1 N–H and O–H groups in total. The van der Waals surface area contributed by atoms with Gasteiger partial charge < -0.3 is 19.6 Å². The molecule has 3 rings (SSSR count). The van der Waals surface area contributed by atoms with Crippen LogP contribution >= 0.6 is 0 Å². The zero-order valence-electron chi connectivity index (χ0n) is 12.4. The lowest BCUT2D eigenvalue weighted by Gasteiger charge is -2.09. The van der Waals surface area contributed by atoms with Crippen molar-refractivity contribution in [3.63, 3.8) is 0 Å². The number of hydrogen-bond donors (Lipinski definition) is 1. The van der Waals surface area contributed by atoms with Crippen molar-refractivity contribution in [2.45, 2.75) is 13.0 Å². The van der Waals surface area contributed by atoms with E-state index in [-0.39, 0.29) is 0 Å². The number of hydrogen-bond acceptors (Lipinski definition) is 5. The predicted molar refractivity (Wildman–Crippen MR) is 81.8 cm³/mol. The molecule has 2 heterocycles. The zero-order valence-corrected chi connectivity index (χ0v) is 12.4. The summed E-state index contributed by atoms with van der Waals surface area (Å²) in [5.41, 5.74) is 0.769. The van der Waals surface area contributed by atoms with Gasteiger partial charge in [-0.1, -0.05) is 5.16 Å². The summed E-state index contributed by atoms with van der Waals surface area (Å²) < 4.78 is 10.8. The van der Waals surface area contributed by atoms with Crippen LogP contribution in [0.5, 0.6) is 17.4 Å². The van der Waals surface area contributed by atoms with E-state index in [1.807, 2.05) is 17.0 Å². The summed E-state index contributed by atoms with van der Waals surface area (Å²) in [6, 6.07) is 11.2. The lowest BCUT2D eigenvalue weighted by atomic mass is 10.2. The van der Waals surface area contributed by atoms with Crippen LogP contribution in [-0.2, 0) is 0 Å². The van der Waals surface area contributed by atoms with Gasteiger partial charge in [0.05, 0.1) is 7.11 Å². The van der Waals surface area contributed by atoms with Crippen molar-refractivity contribution in [1.82, 2.24) is 9.88 Å². The van der Waals surface area contributed by atoms with Gasteiger partial charge in [0.1, 0.15) is 11.5 Å². The number of benzene rings is 1. The van der Waals surface area contributed by atoms with Gasteiger partial charge in [-0.05, 0) is 37.3 Å². The Hall–Kier alpha value is -2.76. The van der Waals surface area contributed by atoms with Crippen LogP contribution in [0.3, 0.4) is 0 Å². The average Bonchev–Trinajstić information content (AvgIpc) is 3.26. The molecule has 0 amide bonds. The fraction of sp³-hybridized carbons (Fsp3) is 0.250. The Labute approximate surface area is 128 Å². The molecule has 1 unspecified atom stereocenters. The Bertz CT molecular complexity index is 685. The van der Waals surface area contributed by atoms with E-state index < -0.39 is 0 Å². The van der Waals surface area contributed by atoms with Gasteiger partial charge in [-0.3, -0.25) is 0 Å². The Morgan fingerprint density at radius 1 is 1.27 bits per heavy atom. The molecule has 6 nitrogen and oxygen atoms in total. The lowest BCUT2D eigenvalue weighted by Crippen LogP contribution is -2.14. The number of pyridine rings is 1. The number of rotatable bonds is 4. The second kappa shape index (κ2) is 5.93. The highest BCUT2D eigenvalue weighted by Gasteiger charge is 2.33. The van der Waals surface area contributed by atoms with Gasteiger partial charge in [0.2, 0.25) is 5.88 Å². The van der Waals surface area contributed by atoms with Gasteiger partial charge in [0.15, 0.2) is 5.84 Å². The third-order valence-electron chi connectivity index (χ3n) is 3.50. The molecule has 1 aromatic carbocycles. The Morgan fingerprint density at radius 3 is 2.55 bits per heavy atom. The number of amidine groups is 1. The van der Waals surface area contributed by atoms with Crippen molar-refractivity contribution in [3.8, 4) is 17.4 Å². The molecule has 1 saturated heterocycles. The topological polar surface area (TPSA) is 66.9 Å². The molecule has 114 valence electrons. The van der Waals surface area contributed by atoms with Crippen molar-refractivity contribution in [1.29, 1.82) is 0 Å². The van der Waals surface area contributed by atoms with E-state index in [9.17, 15) is 5.21 Å². The minimum absolute atomic E-state index is 0.394. The molecule has 0 aliphatic carbocycles. The molecule has 1 atom stereocenters. The first-order valence-corrected chi connectivity index (χ1v) is 6.98. The van der Waals surface area contributed by atoms with Crippen molar-refractivity contribution in [2.24, 2.45) is 5.16 Å². The molecule has 1 aromatic heterocycles. The Balaban J connectivity index is 1.78. The molecule has 0 radical (unpaired) electrons. The van der Waals surface area contributed by atoms with E-state index in [1.165, 1.54) is 0 Å². The Kier molecular flexibility index (Phi) is 3.82. The van der Waals surface area contributed by atoms with Crippen LogP contribution in [0.2, 0.25) is 0 Å². The van der Waals surface area contributed by atoms with E-state index in [4.69, 9.17) is 9.47 Å². The average molecular weight is 299 g/mol. The zero-order chi connectivity index (χ0) is 15.5. The molecular weight excluding hydrogens is 282 g/mol. The molecular formula is C16H17N3O3. The highest BCUT2D eigenvalue weighted by molar-refractivity contribution is 6.00. The van der Waals surface area contributed by atoms with Crippen LogP contribution in [0.25, 0.3) is 0 Å². The predicted octanol–water partition coefficient (Wildman–Crippen LogP) is 2.72. The van der Waals surface area contributed by atoms with Crippen molar-refractivity contribution < 1.29 is 14.7 Å². The highest BCUT2D eigenvalue weighted by Crippen LogP contribution is 2.25. The molecule has 2 aromatic rings. The van der Waals surface area contributed by atoms with Crippen molar-refractivity contribution in [3.05, 3.63) is 48.2 Å². The normalized spacial score (nSPS) is 17.3. The first kappa shape index (κ1) is 14.2. The van der Waals surface area contributed by atoms with Gasteiger partial charge in [-0.15, -0.1) is 0 Å². The summed E-state index contributed by atoms with van der Waals surface area (Å²) in [5.74, 6) is 2.40. The van der Waals surface area contributed by atoms with Gasteiger partial charge in [-0.2, -0.15) is 0 Å². The molecule has 0 spiro atoms. The molecule has 1 fully saturated rings. The van der Waals surface area contributed by atoms with Gasteiger partial charge in [0.25, 0.3) is 0 Å². The number of aromatic nitrogens is 1. The second-order valence-corrected chi connectivity index (χ2v) is 5.09. The van der Waals surface area contributed by atoms with E-state index in [0.717, 1.165) is 17.9 Å². The van der Waals surface area contributed by atoms with Crippen LogP contribution in [-0.4, -0.2) is 40.6 Å². The minimum Gasteiger partial charge on any atom is -0.497 e. The smallest absolute Gasteiger partial charge is 0.219 e. The van der Waals surface area contributed by atoms with Crippen LogP contribution in [0.4, 0.5) is 0 Å². The molecule has 0 saturated carbocycles. The van der Waals surface area contributed by atoms with Gasteiger partial charge >= 0.3 is 0 Å². The number of oxime groups is 1. The van der Waals surface area contributed by atoms with Crippen LogP contribution in [0.1, 0.15) is 12.5 Å². The third-order valence-corrected chi connectivity index (χ3v) is 3.50. The van der Waals surface area contributed by atoms with Crippen molar-refractivity contribution in [2.75, 3.05) is 13.7 Å². The summed E-state index contributed by atoms with van der Waals surface area (Å²) in [6.45, 7) is 2.96. The molecule has 1 aliphatic heterocycles. The maximum atomic E-state index is 9.22. The molecule has 0 bridgehead atoms. The largest absolute Gasteiger partial charge is 0.497 e. The van der Waals surface area contributed by atoms with Crippen LogP contribution < -0.4 is 9.47 Å². The standard InChI is InChI=1S/C16H17N3O3/c1-11-10-19(11)16(18-20)12-7-8-17-15(9-12)22-14-5-3-13(21-2)4-6-14/h3-9,11,20H,10H2,1-2H3/b18-16-. The number of methoxy groups -OCH3 is 1. The fourth-order valence-corrected chi connectivity index (χ4v) is 2.18. The Morgan fingerprint density at radius 2 is 1.95 bits per heavy atom. The second-order valence-electron chi connectivity index (χ2n) is 5.09.